The normalized spacial score (nSPS) is 12.4. The molecule has 0 bridgehead atoms. The quantitative estimate of drug-likeness (QED) is 0.928. The van der Waals surface area contributed by atoms with Crippen LogP contribution < -0.4 is 5.73 Å². The molecule has 0 amide bonds. The topological polar surface area (TPSA) is 51.8 Å². The second kappa shape index (κ2) is 6.41. The lowest BCUT2D eigenvalue weighted by Crippen LogP contribution is -2.17. The van der Waals surface area contributed by atoms with Crippen LogP contribution in [-0.4, -0.2) is 10.2 Å². The highest BCUT2D eigenvalue weighted by Gasteiger charge is 2.14. The SMILES string of the molecule is CCc1nnc(C)cc1C(N)Cc1cc(F)cc(Br)c1. The Hall–Kier alpha value is -1.33. The summed E-state index contributed by atoms with van der Waals surface area (Å²) in [6.07, 6.45) is 1.34. The summed E-state index contributed by atoms with van der Waals surface area (Å²) < 4.78 is 14.1. The largest absolute Gasteiger partial charge is 0.324 e. The van der Waals surface area contributed by atoms with Crippen molar-refractivity contribution < 1.29 is 4.39 Å². The summed E-state index contributed by atoms with van der Waals surface area (Å²) in [7, 11) is 0. The summed E-state index contributed by atoms with van der Waals surface area (Å²) in [6, 6.07) is 6.58. The molecule has 1 aromatic heterocycles. The molecule has 0 radical (unpaired) electrons. The molecule has 0 aliphatic rings. The number of benzene rings is 1. The molecule has 0 aliphatic heterocycles. The average Bonchev–Trinajstić information content (AvgIpc) is 2.37. The van der Waals surface area contributed by atoms with Crippen molar-refractivity contribution in [3.63, 3.8) is 0 Å². The molecule has 106 valence electrons. The van der Waals surface area contributed by atoms with Gasteiger partial charge in [-0.2, -0.15) is 10.2 Å². The van der Waals surface area contributed by atoms with E-state index < -0.39 is 0 Å². The van der Waals surface area contributed by atoms with Crippen molar-refractivity contribution in [2.24, 2.45) is 5.73 Å². The number of hydrogen-bond donors (Lipinski definition) is 1. The predicted molar refractivity (Wildman–Crippen MR) is 80.9 cm³/mol. The van der Waals surface area contributed by atoms with Gasteiger partial charge in [-0.1, -0.05) is 22.9 Å². The van der Waals surface area contributed by atoms with Crippen LogP contribution in [0.15, 0.2) is 28.7 Å². The Labute approximate surface area is 126 Å². The molecule has 0 saturated heterocycles. The van der Waals surface area contributed by atoms with E-state index in [9.17, 15) is 4.39 Å². The van der Waals surface area contributed by atoms with E-state index >= 15 is 0 Å². The third-order valence-electron chi connectivity index (χ3n) is 3.14. The predicted octanol–water partition coefficient (Wildman–Crippen LogP) is 3.49. The minimum Gasteiger partial charge on any atom is -0.324 e. The first-order chi connectivity index (χ1) is 9.49. The van der Waals surface area contributed by atoms with Gasteiger partial charge >= 0.3 is 0 Å². The first-order valence-corrected chi connectivity index (χ1v) is 7.32. The summed E-state index contributed by atoms with van der Waals surface area (Å²) in [6.45, 7) is 3.91. The zero-order valence-corrected chi connectivity index (χ0v) is 13.1. The monoisotopic (exact) mass is 337 g/mol. The van der Waals surface area contributed by atoms with Crippen molar-refractivity contribution in [1.82, 2.24) is 10.2 Å². The lowest BCUT2D eigenvalue weighted by Gasteiger charge is -2.15. The Morgan fingerprint density at radius 1 is 1.25 bits per heavy atom. The maximum atomic E-state index is 13.4. The molecule has 0 fully saturated rings. The molecule has 5 heteroatoms. The Balaban J connectivity index is 2.27. The highest BCUT2D eigenvalue weighted by Crippen LogP contribution is 2.22. The molecule has 1 unspecified atom stereocenters. The van der Waals surface area contributed by atoms with Gasteiger partial charge < -0.3 is 5.73 Å². The summed E-state index contributed by atoms with van der Waals surface area (Å²) >= 11 is 3.30. The van der Waals surface area contributed by atoms with Crippen LogP contribution in [0.3, 0.4) is 0 Å². The van der Waals surface area contributed by atoms with Gasteiger partial charge in [-0.15, -0.1) is 0 Å². The molecule has 0 spiro atoms. The minimum atomic E-state index is -0.263. The molecule has 1 aromatic carbocycles. The standard InChI is InChI=1S/C15H17BrFN3/c1-3-15-13(4-9(2)19-20-15)14(18)7-10-5-11(16)8-12(17)6-10/h4-6,8,14H,3,7,18H2,1-2H3. The number of aromatic nitrogens is 2. The van der Waals surface area contributed by atoms with Gasteiger partial charge in [-0.3, -0.25) is 0 Å². The number of rotatable bonds is 4. The van der Waals surface area contributed by atoms with E-state index in [1.807, 2.05) is 26.0 Å². The van der Waals surface area contributed by atoms with Crippen molar-refractivity contribution >= 4 is 15.9 Å². The Morgan fingerprint density at radius 3 is 2.65 bits per heavy atom. The summed E-state index contributed by atoms with van der Waals surface area (Å²) in [5.41, 5.74) is 9.86. The van der Waals surface area contributed by atoms with Crippen LogP contribution >= 0.6 is 15.9 Å². The van der Waals surface area contributed by atoms with E-state index in [2.05, 4.69) is 26.1 Å². The fourth-order valence-electron chi connectivity index (χ4n) is 2.22. The van der Waals surface area contributed by atoms with Crippen LogP contribution in [-0.2, 0) is 12.8 Å². The summed E-state index contributed by atoms with van der Waals surface area (Å²) in [5, 5.41) is 8.24. The van der Waals surface area contributed by atoms with Crippen LogP contribution in [0.1, 0.15) is 35.5 Å². The molecule has 1 atom stereocenters. The van der Waals surface area contributed by atoms with Gasteiger partial charge in [-0.25, -0.2) is 4.39 Å². The van der Waals surface area contributed by atoms with E-state index in [0.717, 1.165) is 33.4 Å². The fourth-order valence-corrected chi connectivity index (χ4v) is 2.74. The van der Waals surface area contributed by atoms with Crippen molar-refractivity contribution in [3.05, 3.63) is 57.1 Å². The van der Waals surface area contributed by atoms with Crippen LogP contribution in [0.2, 0.25) is 0 Å². The molecular weight excluding hydrogens is 321 g/mol. The zero-order chi connectivity index (χ0) is 14.7. The number of aryl methyl sites for hydroxylation is 2. The second-order valence-electron chi connectivity index (χ2n) is 4.83. The van der Waals surface area contributed by atoms with Crippen molar-refractivity contribution in [2.45, 2.75) is 32.7 Å². The second-order valence-corrected chi connectivity index (χ2v) is 5.75. The Bertz CT molecular complexity index is 596. The van der Waals surface area contributed by atoms with Crippen molar-refractivity contribution in [2.75, 3.05) is 0 Å². The highest BCUT2D eigenvalue weighted by molar-refractivity contribution is 9.10. The van der Waals surface area contributed by atoms with Gasteiger partial charge in [-0.05, 0) is 55.2 Å². The van der Waals surface area contributed by atoms with Gasteiger partial charge in [0, 0.05) is 10.5 Å². The van der Waals surface area contributed by atoms with Crippen LogP contribution in [0.4, 0.5) is 4.39 Å². The third kappa shape index (κ3) is 3.61. The molecule has 2 N–H and O–H groups in total. The van der Waals surface area contributed by atoms with Gasteiger partial charge in [0.25, 0.3) is 0 Å². The van der Waals surface area contributed by atoms with E-state index in [1.54, 1.807) is 0 Å². The van der Waals surface area contributed by atoms with Crippen molar-refractivity contribution in [3.8, 4) is 0 Å². The average molecular weight is 338 g/mol. The lowest BCUT2D eigenvalue weighted by atomic mass is 9.97. The van der Waals surface area contributed by atoms with E-state index in [-0.39, 0.29) is 11.9 Å². The van der Waals surface area contributed by atoms with E-state index in [1.165, 1.54) is 12.1 Å². The van der Waals surface area contributed by atoms with E-state index in [4.69, 9.17) is 5.73 Å². The first kappa shape index (κ1) is 15.1. The van der Waals surface area contributed by atoms with Gasteiger partial charge in [0.15, 0.2) is 0 Å². The number of halogens is 2. The lowest BCUT2D eigenvalue weighted by molar-refractivity contribution is 0.620. The molecule has 2 aromatic rings. The number of nitrogens with two attached hydrogens (primary N) is 1. The van der Waals surface area contributed by atoms with Gasteiger partial charge in [0.1, 0.15) is 5.82 Å². The molecular formula is C15H17BrFN3. The maximum Gasteiger partial charge on any atom is 0.124 e. The fraction of sp³-hybridized carbons (Fsp3) is 0.333. The first-order valence-electron chi connectivity index (χ1n) is 6.53. The Kier molecular flexibility index (Phi) is 4.83. The molecule has 0 saturated carbocycles. The van der Waals surface area contributed by atoms with E-state index in [0.29, 0.717) is 6.42 Å². The summed E-state index contributed by atoms with van der Waals surface area (Å²) in [4.78, 5) is 0. The third-order valence-corrected chi connectivity index (χ3v) is 3.60. The minimum absolute atomic E-state index is 0.215. The smallest absolute Gasteiger partial charge is 0.124 e. The molecule has 2 rings (SSSR count). The van der Waals surface area contributed by atoms with Gasteiger partial charge in [0.2, 0.25) is 0 Å². The maximum absolute atomic E-state index is 13.4. The molecule has 3 nitrogen and oxygen atoms in total. The summed E-state index contributed by atoms with van der Waals surface area (Å²) in [5.74, 6) is -0.263. The number of hydrogen-bond acceptors (Lipinski definition) is 3. The molecule has 1 heterocycles. The van der Waals surface area contributed by atoms with Crippen LogP contribution in [0.25, 0.3) is 0 Å². The zero-order valence-electron chi connectivity index (χ0n) is 11.5. The highest BCUT2D eigenvalue weighted by atomic mass is 79.9. The van der Waals surface area contributed by atoms with Crippen molar-refractivity contribution in [1.29, 1.82) is 0 Å². The molecule has 20 heavy (non-hydrogen) atoms. The number of nitrogens with zero attached hydrogens (tertiary/aromatic N) is 2. The van der Waals surface area contributed by atoms with Crippen LogP contribution in [0.5, 0.6) is 0 Å². The van der Waals surface area contributed by atoms with Gasteiger partial charge in [0.05, 0.1) is 11.4 Å². The molecule has 0 aliphatic carbocycles. The Morgan fingerprint density at radius 2 is 2.00 bits per heavy atom. The van der Waals surface area contributed by atoms with Crippen LogP contribution in [0, 0.1) is 12.7 Å².